The lowest BCUT2D eigenvalue weighted by Crippen LogP contribution is -2.28. The molecule has 0 aliphatic carbocycles. The Morgan fingerprint density at radius 3 is 2.27 bits per heavy atom. The standard InChI is InChI=1S/C11H18N2OS/c1-12(2)6-4-5-7-13(3)9-8-10(15)11(9)14/h8H,4-7H2,1-3H3. The molecule has 84 valence electrons. The van der Waals surface area contributed by atoms with Crippen molar-refractivity contribution in [3.05, 3.63) is 20.8 Å². The van der Waals surface area contributed by atoms with Gasteiger partial charge in [0.05, 0.1) is 10.2 Å². The lowest BCUT2D eigenvalue weighted by atomic mass is 10.2. The Balaban J connectivity index is 2.26. The van der Waals surface area contributed by atoms with Crippen LogP contribution >= 0.6 is 12.2 Å². The predicted octanol–water partition coefficient (Wildman–Crippen LogP) is 1.43. The second-order valence-corrected chi connectivity index (χ2v) is 4.59. The minimum atomic E-state index is 0.0279. The van der Waals surface area contributed by atoms with Gasteiger partial charge in [-0.05, 0) is 39.5 Å². The van der Waals surface area contributed by atoms with E-state index >= 15 is 0 Å². The third-order valence-corrected chi connectivity index (χ3v) is 2.79. The van der Waals surface area contributed by atoms with Gasteiger partial charge in [-0.15, -0.1) is 0 Å². The average molecular weight is 226 g/mol. The third-order valence-electron chi connectivity index (χ3n) is 2.48. The third kappa shape index (κ3) is 3.39. The van der Waals surface area contributed by atoms with Crippen molar-refractivity contribution >= 4 is 17.9 Å². The Morgan fingerprint density at radius 2 is 1.80 bits per heavy atom. The van der Waals surface area contributed by atoms with E-state index in [4.69, 9.17) is 12.2 Å². The number of unbranched alkanes of at least 4 members (excludes halogenated alkanes) is 1. The van der Waals surface area contributed by atoms with E-state index in [1.165, 1.54) is 0 Å². The smallest absolute Gasteiger partial charge is 0.219 e. The predicted molar refractivity (Wildman–Crippen MR) is 67.0 cm³/mol. The van der Waals surface area contributed by atoms with Crippen LogP contribution in [0.1, 0.15) is 12.8 Å². The summed E-state index contributed by atoms with van der Waals surface area (Å²) in [6.45, 7) is 2.02. The number of hydrogen-bond acceptors (Lipinski definition) is 4. The van der Waals surface area contributed by atoms with Gasteiger partial charge in [0.15, 0.2) is 0 Å². The summed E-state index contributed by atoms with van der Waals surface area (Å²) in [4.78, 5) is 15.4. The quantitative estimate of drug-likeness (QED) is 0.541. The first-order valence-corrected chi connectivity index (χ1v) is 5.59. The molecular formula is C11H18N2OS. The molecule has 1 aromatic rings. The Bertz CT molecular complexity index is 380. The molecule has 15 heavy (non-hydrogen) atoms. The van der Waals surface area contributed by atoms with Crippen molar-refractivity contribution in [2.24, 2.45) is 0 Å². The molecular weight excluding hydrogens is 208 g/mol. The second kappa shape index (κ2) is 5.37. The Kier molecular flexibility index (Phi) is 4.42. The lowest BCUT2D eigenvalue weighted by Gasteiger charge is -2.20. The van der Waals surface area contributed by atoms with E-state index in [2.05, 4.69) is 19.0 Å². The minimum Gasteiger partial charge on any atom is -0.371 e. The number of rotatable bonds is 6. The number of anilines is 1. The fourth-order valence-corrected chi connectivity index (χ4v) is 1.70. The van der Waals surface area contributed by atoms with E-state index in [0.29, 0.717) is 4.51 Å². The molecule has 0 radical (unpaired) electrons. The van der Waals surface area contributed by atoms with Gasteiger partial charge in [0.2, 0.25) is 5.43 Å². The Hall–Kier alpha value is -0.740. The van der Waals surface area contributed by atoms with Crippen molar-refractivity contribution in [2.75, 3.05) is 39.1 Å². The van der Waals surface area contributed by atoms with Crippen molar-refractivity contribution in [3.8, 4) is 0 Å². The molecule has 0 amide bonds. The highest BCUT2D eigenvalue weighted by molar-refractivity contribution is 7.71. The summed E-state index contributed by atoms with van der Waals surface area (Å²) in [6.07, 6.45) is 2.26. The van der Waals surface area contributed by atoms with Crippen LogP contribution in [-0.2, 0) is 0 Å². The fourth-order valence-electron chi connectivity index (χ4n) is 1.48. The van der Waals surface area contributed by atoms with Gasteiger partial charge in [-0.1, -0.05) is 12.2 Å². The summed E-state index contributed by atoms with van der Waals surface area (Å²) in [5.41, 5.74) is 0.796. The molecule has 0 saturated heterocycles. The molecule has 0 aliphatic heterocycles. The van der Waals surface area contributed by atoms with Gasteiger partial charge >= 0.3 is 0 Å². The zero-order valence-electron chi connectivity index (χ0n) is 9.62. The van der Waals surface area contributed by atoms with Gasteiger partial charge in [-0.2, -0.15) is 0 Å². The topological polar surface area (TPSA) is 23.6 Å². The molecule has 0 saturated carbocycles. The average Bonchev–Trinajstić information content (AvgIpc) is 2.19. The van der Waals surface area contributed by atoms with Crippen molar-refractivity contribution in [3.63, 3.8) is 0 Å². The normalized spacial score (nSPS) is 11.2. The maximum absolute atomic E-state index is 11.3. The van der Waals surface area contributed by atoms with Crippen LogP contribution < -0.4 is 10.3 Å². The molecule has 0 aliphatic rings. The minimum absolute atomic E-state index is 0.0279. The van der Waals surface area contributed by atoms with Crippen molar-refractivity contribution < 1.29 is 0 Å². The lowest BCUT2D eigenvalue weighted by molar-refractivity contribution is 0.395. The summed E-state index contributed by atoms with van der Waals surface area (Å²) in [5.74, 6) is 0. The summed E-state index contributed by atoms with van der Waals surface area (Å²) in [5, 5.41) is 0. The van der Waals surface area contributed by atoms with Crippen molar-refractivity contribution in [2.45, 2.75) is 12.8 Å². The summed E-state index contributed by atoms with van der Waals surface area (Å²) in [7, 11) is 6.08. The second-order valence-electron chi connectivity index (χ2n) is 4.15. The van der Waals surface area contributed by atoms with E-state index in [1.807, 2.05) is 11.9 Å². The van der Waals surface area contributed by atoms with Crippen LogP contribution in [0.2, 0.25) is 0 Å². The van der Waals surface area contributed by atoms with E-state index in [1.54, 1.807) is 6.07 Å². The molecule has 1 aromatic carbocycles. The maximum atomic E-state index is 11.3. The van der Waals surface area contributed by atoms with Crippen LogP contribution in [0.15, 0.2) is 10.9 Å². The largest absolute Gasteiger partial charge is 0.371 e. The summed E-state index contributed by atoms with van der Waals surface area (Å²) >= 11 is 4.81. The molecule has 0 fully saturated rings. The number of nitrogens with zero attached hydrogens (tertiary/aromatic N) is 2. The maximum Gasteiger partial charge on any atom is 0.219 e. The Labute approximate surface area is 96.0 Å². The zero-order chi connectivity index (χ0) is 11.4. The summed E-state index contributed by atoms with van der Waals surface area (Å²) < 4.78 is 0.463. The van der Waals surface area contributed by atoms with E-state index < -0.39 is 0 Å². The first-order chi connectivity index (χ1) is 7.02. The van der Waals surface area contributed by atoms with Crippen molar-refractivity contribution in [1.82, 2.24) is 4.90 Å². The molecule has 0 spiro atoms. The van der Waals surface area contributed by atoms with Gasteiger partial charge in [0.25, 0.3) is 0 Å². The molecule has 0 bridgehead atoms. The van der Waals surface area contributed by atoms with Gasteiger partial charge in [0, 0.05) is 13.6 Å². The fraction of sp³-hybridized carbons (Fsp3) is 0.636. The van der Waals surface area contributed by atoms with E-state index in [0.717, 1.165) is 31.6 Å². The van der Waals surface area contributed by atoms with Gasteiger partial charge in [0.1, 0.15) is 0 Å². The van der Waals surface area contributed by atoms with Gasteiger partial charge in [-0.3, -0.25) is 4.79 Å². The van der Waals surface area contributed by atoms with Crippen molar-refractivity contribution in [1.29, 1.82) is 0 Å². The zero-order valence-corrected chi connectivity index (χ0v) is 10.4. The highest BCUT2D eigenvalue weighted by Crippen LogP contribution is 2.10. The van der Waals surface area contributed by atoms with Crippen LogP contribution in [0.25, 0.3) is 0 Å². The molecule has 0 heterocycles. The highest BCUT2D eigenvalue weighted by atomic mass is 32.1. The molecule has 0 unspecified atom stereocenters. The van der Waals surface area contributed by atoms with Crippen LogP contribution in [0, 0.1) is 4.51 Å². The van der Waals surface area contributed by atoms with Crippen LogP contribution in [0.3, 0.4) is 0 Å². The monoisotopic (exact) mass is 226 g/mol. The molecule has 4 heteroatoms. The molecule has 0 N–H and O–H groups in total. The highest BCUT2D eigenvalue weighted by Gasteiger charge is 2.10. The van der Waals surface area contributed by atoms with E-state index in [9.17, 15) is 4.79 Å². The molecule has 3 nitrogen and oxygen atoms in total. The molecule has 0 atom stereocenters. The van der Waals surface area contributed by atoms with Crippen LogP contribution in [0.4, 0.5) is 5.69 Å². The first kappa shape index (κ1) is 12.3. The van der Waals surface area contributed by atoms with Crippen LogP contribution in [-0.4, -0.2) is 39.1 Å². The molecule has 0 aromatic heterocycles. The summed E-state index contributed by atoms with van der Waals surface area (Å²) in [6, 6.07) is 1.78. The SMILES string of the molecule is CN(C)CCCCN(C)c1cc(=S)c1=O. The van der Waals surface area contributed by atoms with Gasteiger partial charge < -0.3 is 9.80 Å². The molecule has 1 rings (SSSR count). The Morgan fingerprint density at radius 1 is 1.20 bits per heavy atom. The van der Waals surface area contributed by atoms with Crippen LogP contribution in [0.5, 0.6) is 0 Å². The van der Waals surface area contributed by atoms with Gasteiger partial charge in [-0.25, -0.2) is 0 Å². The first-order valence-electron chi connectivity index (χ1n) is 5.18. The number of hydrogen-bond donors (Lipinski definition) is 0. The van der Waals surface area contributed by atoms with E-state index in [-0.39, 0.29) is 5.43 Å².